The van der Waals surface area contributed by atoms with Crippen LogP contribution in [0.5, 0.6) is 0 Å². The van der Waals surface area contributed by atoms with E-state index in [4.69, 9.17) is 0 Å². The van der Waals surface area contributed by atoms with Gasteiger partial charge in [-0.1, -0.05) is 12.8 Å². The zero-order valence-electron chi connectivity index (χ0n) is 13.2. The molecule has 1 saturated carbocycles. The summed E-state index contributed by atoms with van der Waals surface area (Å²) in [6.07, 6.45) is 5.36. The molecule has 0 radical (unpaired) electrons. The molecule has 118 valence electrons. The van der Waals surface area contributed by atoms with Gasteiger partial charge in [-0.2, -0.15) is 0 Å². The molecule has 4 heteroatoms. The second kappa shape index (κ2) is 6.61. The van der Waals surface area contributed by atoms with Crippen molar-refractivity contribution in [3.63, 3.8) is 0 Å². The zero-order chi connectivity index (χ0) is 15.5. The molecule has 1 amide bonds. The van der Waals surface area contributed by atoms with Crippen molar-refractivity contribution in [3.05, 3.63) is 29.8 Å². The van der Waals surface area contributed by atoms with Crippen LogP contribution in [0.2, 0.25) is 0 Å². The molecule has 0 spiro atoms. The number of nitrogens with zero attached hydrogens (tertiary/aromatic N) is 1. The highest BCUT2D eigenvalue weighted by Crippen LogP contribution is 2.35. The first-order chi connectivity index (χ1) is 10.6. The summed E-state index contributed by atoms with van der Waals surface area (Å²) < 4.78 is 0. The Morgan fingerprint density at radius 3 is 2.23 bits per heavy atom. The van der Waals surface area contributed by atoms with Crippen LogP contribution >= 0.6 is 0 Å². The number of benzene rings is 1. The largest absolute Gasteiger partial charge is 0.325 e. The van der Waals surface area contributed by atoms with E-state index >= 15 is 0 Å². The van der Waals surface area contributed by atoms with Gasteiger partial charge in [0.15, 0.2) is 5.78 Å². The van der Waals surface area contributed by atoms with Crippen molar-refractivity contribution in [1.82, 2.24) is 4.90 Å². The quantitative estimate of drug-likeness (QED) is 0.870. The van der Waals surface area contributed by atoms with Crippen LogP contribution in [0.25, 0.3) is 0 Å². The van der Waals surface area contributed by atoms with Crippen LogP contribution < -0.4 is 5.32 Å². The average molecular weight is 300 g/mol. The second-order valence-corrected chi connectivity index (χ2v) is 6.68. The van der Waals surface area contributed by atoms with Gasteiger partial charge in [-0.05, 0) is 55.9 Å². The number of nitrogens with one attached hydrogen (secondary N) is 1. The van der Waals surface area contributed by atoms with E-state index in [2.05, 4.69) is 10.2 Å². The maximum Gasteiger partial charge on any atom is 0.238 e. The Labute approximate surface area is 131 Å². The fraction of sp³-hybridized carbons (Fsp3) is 0.556. The Morgan fingerprint density at radius 2 is 1.68 bits per heavy atom. The van der Waals surface area contributed by atoms with E-state index in [-0.39, 0.29) is 11.7 Å². The zero-order valence-corrected chi connectivity index (χ0v) is 13.2. The number of rotatable bonds is 4. The highest BCUT2D eigenvalue weighted by molar-refractivity contribution is 5.96. The molecule has 1 heterocycles. The van der Waals surface area contributed by atoms with Crippen molar-refractivity contribution in [2.24, 2.45) is 11.8 Å². The summed E-state index contributed by atoms with van der Waals surface area (Å²) in [6.45, 7) is 4.16. The lowest BCUT2D eigenvalue weighted by atomic mass is 9.82. The highest BCUT2D eigenvalue weighted by atomic mass is 16.2. The van der Waals surface area contributed by atoms with Crippen molar-refractivity contribution >= 4 is 17.4 Å². The minimum absolute atomic E-state index is 0.0363. The Morgan fingerprint density at radius 1 is 1.09 bits per heavy atom. The third kappa shape index (κ3) is 3.55. The van der Waals surface area contributed by atoms with Crippen LogP contribution in [0.1, 0.15) is 43.0 Å². The normalized spacial score (nSPS) is 24.8. The van der Waals surface area contributed by atoms with Crippen LogP contribution in [-0.2, 0) is 4.79 Å². The monoisotopic (exact) mass is 300 g/mol. The molecule has 1 aromatic carbocycles. The molecule has 1 saturated heterocycles. The third-order valence-corrected chi connectivity index (χ3v) is 4.99. The summed E-state index contributed by atoms with van der Waals surface area (Å²) in [4.78, 5) is 25.7. The van der Waals surface area contributed by atoms with Crippen LogP contribution in [0.3, 0.4) is 0 Å². The summed E-state index contributed by atoms with van der Waals surface area (Å²) in [5, 5.41) is 2.92. The number of hydrogen-bond acceptors (Lipinski definition) is 3. The summed E-state index contributed by atoms with van der Waals surface area (Å²) in [6, 6.07) is 7.08. The van der Waals surface area contributed by atoms with Gasteiger partial charge in [0.25, 0.3) is 0 Å². The third-order valence-electron chi connectivity index (χ3n) is 4.99. The molecule has 3 rings (SSSR count). The number of hydrogen-bond donors (Lipinski definition) is 1. The number of carbonyl (C=O) groups excluding carboxylic acids is 2. The lowest BCUT2D eigenvalue weighted by Crippen LogP contribution is -2.31. The molecule has 2 atom stereocenters. The van der Waals surface area contributed by atoms with E-state index < -0.39 is 0 Å². The summed E-state index contributed by atoms with van der Waals surface area (Å²) >= 11 is 0. The lowest BCUT2D eigenvalue weighted by molar-refractivity contribution is -0.117. The molecule has 22 heavy (non-hydrogen) atoms. The maximum absolute atomic E-state index is 12.2. The van der Waals surface area contributed by atoms with Gasteiger partial charge in [-0.15, -0.1) is 0 Å². The van der Waals surface area contributed by atoms with Gasteiger partial charge in [-0.3, -0.25) is 14.5 Å². The first-order valence-electron chi connectivity index (χ1n) is 8.25. The fourth-order valence-electron chi connectivity index (χ4n) is 3.82. The van der Waals surface area contributed by atoms with Crippen LogP contribution in [0, 0.1) is 11.8 Å². The fourth-order valence-corrected chi connectivity index (χ4v) is 3.82. The van der Waals surface area contributed by atoms with Crippen LogP contribution in [0.4, 0.5) is 5.69 Å². The van der Waals surface area contributed by atoms with Crippen molar-refractivity contribution in [1.29, 1.82) is 0 Å². The summed E-state index contributed by atoms with van der Waals surface area (Å²) in [7, 11) is 0. The molecule has 2 fully saturated rings. The van der Waals surface area contributed by atoms with Gasteiger partial charge in [0.05, 0.1) is 6.54 Å². The first-order valence-corrected chi connectivity index (χ1v) is 8.25. The van der Waals surface area contributed by atoms with Gasteiger partial charge in [0.1, 0.15) is 0 Å². The standard InChI is InChI=1S/C18H24N2O2/c1-13(21)14-6-8-17(9-7-14)19-18(22)12-20-10-15-4-2-3-5-16(15)11-20/h6-9,15-16H,2-5,10-12H2,1H3,(H,19,22). The number of carbonyl (C=O) groups is 2. The Kier molecular flexibility index (Phi) is 4.57. The highest BCUT2D eigenvalue weighted by Gasteiger charge is 2.34. The number of Topliss-reactive ketones (excluding diaryl/α,β-unsaturated/α-hetero) is 1. The Hall–Kier alpha value is -1.68. The molecule has 0 aromatic heterocycles. The Bertz CT molecular complexity index is 539. The van der Waals surface area contributed by atoms with E-state index in [1.54, 1.807) is 31.2 Å². The first kappa shape index (κ1) is 15.2. The Balaban J connectivity index is 1.51. The van der Waals surface area contributed by atoms with Crippen LogP contribution in [-0.4, -0.2) is 36.2 Å². The number of anilines is 1. The van der Waals surface area contributed by atoms with Gasteiger partial charge in [-0.25, -0.2) is 0 Å². The van der Waals surface area contributed by atoms with Gasteiger partial charge in [0.2, 0.25) is 5.91 Å². The van der Waals surface area contributed by atoms with E-state index in [0.717, 1.165) is 30.6 Å². The second-order valence-electron chi connectivity index (χ2n) is 6.68. The maximum atomic E-state index is 12.2. The topological polar surface area (TPSA) is 49.4 Å². The predicted octanol–water partition coefficient (Wildman–Crippen LogP) is 2.95. The molecule has 2 aliphatic rings. The molecule has 4 nitrogen and oxygen atoms in total. The number of amides is 1. The van der Waals surface area contributed by atoms with Crippen LogP contribution in [0.15, 0.2) is 24.3 Å². The van der Waals surface area contributed by atoms with Crippen molar-refractivity contribution < 1.29 is 9.59 Å². The van der Waals surface area contributed by atoms with Gasteiger partial charge in [0, 0.05) is 24.3 Å². The van der Waals surface area contributed by atoms with E-state index in [1.807, 2.05) is 0 Å². The molecule has 1 aliphatic heterocycles. The van der Waals surface area contributed by atoms with E-state index in [1.165, 1.54) is 25.7 Å². The average Bonchev–Trinajstić information content (AvgIpc) is 2.89. The van der Waals surface area contributed by atoms with Crippen molar-refractivity contribution in [2.45, 2.75) is 32.6 Å². The molecule has 1 N–H and O–H groups in total. The minimum Gasteiger partial charge on any atom is -0.325 e. The minimum atomic E-state index is 0.0363. The SMILES string of the molecule is CC(=O)c1ccc(NC(=O)CN2CC3CCCCC3C2)cc1. The number of ketones is 1. The number of likely N-dealkylation sites (tertiary alicyclic amines) is 1. The molecular weight excluding hydrogens is 276 g/mol. The summed E-state index contributed by atoms with van der Waals surface area (Å²) in [5.41, 5.74) is 1.42. The van der Waals surface area contributed by atoms with Crippen molar-refractivity contribution in [2.75, 3.05) is 25.0 Å². The number of fused-ring (bicyclic) bond motifs is 1. The van der Waals surface area contributed by atoms with Crippen molar-refractivity contribution in [3.8, 4) is 0 Å². The van der Waals surface area contributed by atoms with E-state index in [9.17, 15) is 9.59 Å². The lowest BCUT2D eigenvalue weighted by Gasteiger charge is -2.23. The van der Waals surface area contributed by atoms with E-state index in [0.29, 0.717) is 12.1 Å². The smallest absolute Gasteiger partial charge is 0.238 e. The van der Waals surface area contributed by atoms with Gasteiger partial charge < -0.3 is 5.32 Å². The molecular formula is C18H24N2O2. The van der Waals surface area contributed by atoms with Gasteiger partial charge >= 0.3 is 0 Å². The molecule has 1 aliphatic carbocycles. The summed E-state index contributed by atoms with van der Waals surface area (Å²) in [5.74, 6) is 1.68. The molecule has 1 aromatic rings. The molecule has 2 unspecified atom stereocenters. The predicted molar refractivity (Wildman–Crippen MR) is 87.0 cm³/mol. The molecule has 0 bridgehead atoms.